The first-order valence-electron chi connectivity index (χ1n) is 9.57. The van der Waals surface area contributed by atoms with Crippen molar-refractivity contribution in [3.8, 4) is 0 Å². The number of hydrogen-bond acceptors (Lipinski definition) is 4. The van der Waals surface area contributed by atoms with Gasteiger partial charge in [-0.25, -0.2) is 9.18 Å². The Bertz CT molecular complexity index is 1170. The maximum atomic E-state index is 14.2. The molecule has 1 fully saturated rings. The van der Waals surface area contributed by atoms with Crippen molar-refractivity contribution in [2.24, 2.45) is 0 Å². The number of carboxylic acid groups (broad SMARTS) is 1. The van der Waals surface area contributed by atoms with Gasteiger partial charge in [-0.3, -0.25) is 9.59 Å². The van der Waals surface area contributed by atoms with Gasteiger partial charge in [0.25, 0.3) is 5.56 Å². The molecule has 3 aromatic rings. The molecular formula is C22H20FN3O4. The lowest BCUT2D eigenvalue weighted by molar-refractivity contribution is -0.118. The molecule has 2 heterocycles. The summed E-state index contributed by atoms with van der Waals surface area (Å²) in [7, 11) is 0. The van der Waals surface area contributed by atoms with E-state index in [4.69, 9.17) is 0 Å². The third kappa shape index (κ3) is 3.52. The van der Waals surface area contributed by atoms with Crippen molar-refractivity contribution in [2.45, 2.75) is 6.54 Å². The minimum atomic E-state index is -1.36. The minimum Gasteiger partial charge on any atom is -0.477 e. The van der Waals surface area contributed by atoms with E-state index in [0.29, 0.717) is 37.1 Å². The molecule has 1 aromatic heterocycles. The number of pyridine rings is 1. The van der Waals surface area contributed by atoms with Crippen LogP contribution in [-0.2, 0) is 11.3 Å². The van der Waals surface area contributed by atoms with Crippen molar-refractivity contribution in [2.75, 3.05) is 31.1 Å². The molecule has 0 spiro atoms. The lowest BCUT2D eigenvalue weighted by atomic mass is 10.0. The van der Waals surface area contributed by atoms with Crippen molar-refractivity contribution in [3.63, 3.8) is 0 Å². The highest BCUT2D eigenvalue weighted by Gasteiger charge is 2.28. The topological polar surface area (TPSA) is 82.9 Å². The van der Waals surface area contributed by atoms with Crippen LogP contribution in [0.1, 0.15) is 15.9 Å². The van der Waals surface area contributed by atoms with Crippen molar-refractivity contribution in [1.29, 1.82) is 0 Å². The maximum absolute atomic E-state index is 14.2. The molecule has 154 valence electrons. The number of carboxylic acids is 1. The van der Waals surface area contributed by atoms with E-state index in [-0.39, 0.29) is 17.8 Å². The standard InChI is InChI=1S/C22H20FN3O4/c23-16-6-7-18-17(12-16)20(25-10-8-24(14-27)9-11-25)19(22(29)30)21(28)26(18)13-15-4-2-1-3-5-15/h1-7,12,14H,8-11,13H2,(H,29,30). The number of carbonyl (C=O) groups is 2. The van der Waals surface area contributed by atoms with Gasteiger partial charge in [0, 0.05) is 31.6 Å². The molecular weight excluding hydrogens is 389 g/mol. The summed E-state index contributed by atoms with van der Waals surface area (Å²) in [6.45, 7) is 1.67. The number of halogens is 1. The van der Waals surface area contributed by atoms with Crippen LogP contribution in [0.25, 0.3) is 10.9 Å². The average molecular weight is 409 g/mol. The molecule has 1 amide bonds. The first kappa shape index (κ1) is 19.6. The smallest absolute Gasteiger partial charge is 0.343 e. The Morgan fingerprint density at radius 3 is 2.40 bits per heavy atom. The molecule has 0 atom stereocenters. The van der Waals surface area contributed by atoms with Gasteiger partial charge in [-0.05, 0) is 23.8 Å². The van der Waals surface area contributed by atoms with Crippen LogP contribution >= 0.6 is 0 Å². The molecule has 1 aliphatic rings. The summed E-state index contributed by atoms with van der Waals surface area (Å²) >= 11 is 0. The van der Waals surface area contributed by atoms with Gasteiger partial charge in [-0.1, -0.05) is 30.3 Å². The fourth-order valence-electron chi connectivity index (χ4n) is 3.91. The molecule has 1 saturated heterocycles. The molecule has 8 heteroatoms. The predicted molar refractivity (Wildman–Crippen MR) is 111 cm³/mol. The minimum absolute atomic E-state index is 0.168. The second-order valence-electron chi connectivity index (χ2n) is 7.20. The number of piperazine rings is 1. The SMILES string of the molecule is O=CN1CCN(c2c(C(=O)O)c(=O)n(Cc3ccccc3)c3ccc(F)cc23)CC1. The molecule has 2 aromatic carbocycles. The third-order valence-electron chi connectivity index (χ3n) is 5.38. The molecule has 0 aliphatic carbocycles. The lowest BCUT2D eigenvalue weighted by Gasteiger charge is -2.35. The molecule has 0 radical (unpaired) electrons. The fourth-order valence-corrected chi connectivity index (χ4v) is 3.91. The number of nitrogens with zero attached hydrogens (tertiary/aromatic N) is 3. The molecule has 0 saturated carbocycles. The summed E-state index contributed by atoms with van der Waals surface area (Å²) in [5.41, 5.74) is 0.468. The lowest BCUT2D eigenvalue weighted by Crippen LogP contribution is -2.47. The predicted octanol–water partition coefficient (Wildman–Crippen LogP) is 2.17. The number of aromatic nitrogens is 1. The van der Waals surface area contributed by atoms with Crippen molar-refractivity contribution in [3.05, 3.63) is 75.8 Å². The number of hydrogen-bond donors (Lipinski definition) is 1. The maximum Gasteiger partial charge on any atom is 0.343 e. The van der Waals surface area contributed by atoms with Crippen molar-refractivity contribution in [1.82, 2.24) is 9.47 Å². The van der Waals surface area contributed by atoms with Gasteiger partial charge >= 0.3 is 5.97 Å². The second kappa shape index (κ2) is 7.98. The quantitative estimate of drug-likeness (QED) is 0.653. The molecule has 0 unspecified atom stereocenters. The van der Waals surface area contributed by atoms with Gasteiger partial charge in [0.15, 0.2) is 0 Å². The third-order valence-corrected chi connectivity index (χ3v) is 5.38. The van der Waals surface area contributed by atoms with E-state index < -0.39 is 17.3 Å². The highest BCUT2D eigenvalue weighted by molar-refractivity contribution is 6.05. The van der Waals surface area contributed by atoms with Crippen LogP contribution in [-0.4, -0.2) is 53.1 Å². The van der Waals surface area contributed by atoms with Gasteiger partial charge in [-0.2, -0.15) is 0 Å². The summed E-state index contributed by atoms with van der Waals surface area (Å²) in [6.07, 6.45) is 0.741. The Kier molecular flexibility index (Phi) is 5.22. The van der Waals surface area contributed by atoms with Crippen LogP contribution in [0.2, 0.25) is 0 Å². The van der Waals surface area contributed by atoms with E-state index in [1.807, 2.05) is 30.3 Å². The van der Waals surface area contributed by atoms with Gasteiger partial charge in [-0.15, -0.1) is 0 Å². The monoisotopic (exact) mass is 409 g/mol. The number of rotatable bonds is 5. The summed E-state index contributed by atoms with van der Waals surface area (Å²) < 4.78 is 15.6. The Morgan fingerprint density at radius 1 is 1.07 bits per heavy atom. The average Bonchev–Trinajstić information content (AvgIpc) is 2.76. The largest absolute Gasteiger partial charge is 0.477 e. The van der Waals surface area contributed by atoms with Gasteiger partial charge in [0.05, 0.1) is 17.7 Å². The highest BCUT2D eigenvalue weighted by atomic mass is 19.1. The van der Waals surface area contributed by atoms with Crippen molar-refractivity contribution >= 4 is 29.0 Å². The molecule has 7 nitrogen and oxygen atoms in total. The number of aromatic carboxylic acids is 1. The highest BCUT2D eigenvalue weighted by Crippen LogP contribution is 2.31. The first-order valence-corrected chi connectivity index (χ1v) is 9.57. The van der Waals surface area contributed by atoms with Crippen LogP contribution in [0.4, 0.5) is 10.1 Å². The molecule has 1 aliphatic heterocycles. The summed E-state index contributed by atoms with van der Waals surface area (Å²) in [6, 6.07) is 13.2. The summed E-state index contributed by atoms with van der Waals surface area (Å²) in [4.78, 5) is 39.8. The summed E-state index contributed by atoms with van der Waals surface area (Å²) in [5, 5.41) is 10.3. The van der Waals surface area contributed by atoms with E-state index in [1.54, 1.807) is 9.80 Å². The second-order valence-corrected chi connectivity index (χ2v) is 7.20. The van der Waals surface area contributed by atoms with Crippen molar-refractivity contribution < 1.29 is 19.1 Å². The number of benzene rings is 2. The van der Waals surface area contributed by atoms with Gasteiger partial charge in [0.1, 0.15) is 11.4 Å². The van der Waals surface area contributed by atoms with E-state index in [0.717, 1.165) is 12.0 Å². The first-order chi connectivity index (χ1) is 14.5. The number of fused-ring (bicyclic) bond motifs is 1. The molecule has 30 heavy (non-hydrogen) atoms. The molecule has 1 N–H and O–H groups in total. The molecule has 4 rings (SSSR count). The fraction of sp³-hybridized carbons (Fsp3) is 0.227. The zero-order chi connectivity index (χ0) is 21.3. The number of anilines is 1. The number of carbonyl (C=O) groups excluding carboxylic acids is 1. The Morgan fingerprint density at radius 2 is 1.77 bits per heavy atom. The Balaban J connectivity index is 1.95. The number of amides is 1. The van der Waals surface area contributed by atoms with E-state index >= 15 is 0 Å². The zero-order valence-corrected chi connectivity index (χ0v) is 16.1. The van der Waals surface area contributed by atoms with E-state index in [9.17, 15) is 23.9 Å². The molecule has 0 bridgehead atoms. The van der Waals surface area contributed by atoms with Gasteiger partial charge < -0.3 is 19.5 Å². The van der Waals surface area contributed by atoms with Crippen LogP contribution < -0.4 is 10.5 Å². The van der Waals surface area contributed by atoms with Crippen LogP contribution in [0.5, 0.6) is 0 Å². The van der Waals surface area contributed by atoms with Gasteiger partial charge in [0.2, 0.25) is 6.41 Å². The normalized spacial score (nSPS) is 14.2. The Hall–Kier alpha value is -3.68. The zero-order valence-electron chi connectivity index (χ0n) is 16.1. The van der Waals surface area contributed by atoms with Crippen LogP contribution in [0, 0.1) is 5.82 Å². The van der Waals surface area contributed by atoms with E-state index in [1.165, 1.54) is 22.8 Å². The van der Waals surface area contributed by atoms with E-state index in [2.05, 4.69) is 0 Å². The van der Waals surface area contributed by atoms with Crippen LogP contribution in [0.15, 0.2) is 53.3 Å². The Labute approximate surface area is 171 Å². The van der Waals surface area contributed by atoms with Crippen LogP contribution in [0.3, 0.4) is 0 Å². The summed E-state index contributed by atoms with van der Waals surface area (Å²) in [5.74, 6) is -1.88.